The summed E-state index contributed by atoms with van der Waals surface area (Å²) in [7, 11) is 0. The average Bonchev–Trinajstić information content (AvgIpc) is 3.90. The maximum Gasteiger partial charge on any atom is 0.164 e. The zero-order chi connectivity index (χ0) is 41.0. The fourth-order valence-electron chi connectivity index (χ4n) is 8.97. The molecule has 4 nitrogen and oxygen atoms in total. The first-order valence-corrected chi connectivity index (χ1v) is 21.7. The van der Waals surface area contributed by atoms with Gasteiger partial charge in [0, 0.05) is 53.3 Å². The zero-order valence-corrected chi connectivity index (χ0v) is 34.3. The summed E-state index contributed by atoms with van der Waals surface area (Å²) < 4.78 is 4.82. The van der Waals surface area contributed by atoms with Crippen LogP contribution in [0.15, 0.2) is 218 Å². The predicted octanol–water partition coefficient (Wildman–Crippen LogP) is 15.3. The quantitative estimate of drug-likeness (QED) is 0.161. The second-order valence-electron chi connectivity index (χ2n) is 15.6. The van der Waals surface area contributed by atoms with Crippen molar-refractivity contribution in [1.29, 1.82) is 0 Å². The molecule has 290 valence electrons. The van der Waals surface area contributed by atoms with Crippen molar-refractivity contribution >= 4 is 53.3 Å². The molecule has 0 atom stereocenters. The van der Waals surface area contributed by atoms with E-state index < -0.39 is 0 Å². The molecule has 0 saturated carbocycles. The second-order valence-corrected chi connectivity index (χ2v) is 16.7. The molecule has 0 aliphatic heterocycles. The van der Waals surface area contributed by atoms with Crippen LogP contribution in [0.1, 0.15) is 0 Å². The van der Waals surface area contributed by atoms with Gasteiger partial charge in [-0.15, -0.1) is 11.3 Å². The van der Waals surface area contributed by atoms with E-state index in [4.69, 9.17) is 15.0 Å². The Kier molecular flexibility index (Phi) is 8.65. The highest BCUT2D eigenvalue weighted by Crippen LogP contribution is 2.44. The van der Waals surface area contributed by atoms with Gasteiger partial charge in [0.2, 0.25) is 0 Å². The van der Waals surface area contributed by atoms with E-state index in [2.05, 4.69) is 199 Å². The summed E-state index contributed by atoms with van der Waals surface area (Å²) in [5, 5.41) is 4.96. The van der Waals surface area contributed by atoms with Crippen molar-refractivity contribution in [3.8, 4) is 73.2 Å². The SMILES string of the molecule is c1ccc(-c2cccc(-c3nc(-c4ccccc4)nc(-c4ccc5c(c4)sc4ccc(-c6ccccc6-c6cccc7c6c6ccccc6n7-c6ccccc6)cc45)n3)c2)cc1. The topological polar surface area (TPSA) is 43.6 Å². The Morgan fingerprint density at radius 3 is 1.66 bits per heavy atom. The normalized spacial score (nSPS) is 11.5. The highest BCUT2D eigenvalue weighted by molar-refractivity contribution is 7.25. The molecule has 0 fully saturated rings. The first kappa shape index (κ1) is 35.9. The monoisotopic (exact) mass is 808 g/mol. The van der Waals surface area contributed by atoms with Crippen molar-refractivity contribution in [2.45, 2.75) is 0 Å². The van der Waals surface area contributed by atoms with Gasteiger partial charge in [0.05, 0.1) is 11.0 Å². The van der Waals surface area contributed by atoms with Gasteiger partial charge in [-0.2, -0.15) is 0 Å². The Bertz CT molecular complexity index is 3630. The fraction of sp³-hybridized carbons (Fsp3) is 0. The molecule has 0 aliphatic rings. The summed E-state index contributed by atoms with van der Waals surface area (Å²) in [5.41, 5.74) is 13.5. The molecule has 12 rings (SSSR count). The van der Waals surface area contributed by atoms with Crippen LogP contribution in [0.2, 0.25) is 0 Å². The summed E-state index contributed by atoms with van der Waals surface area (Å²) in [4.78, 5) is 15.2. The number of aromatic nitrogens is 4. The van der Waals surface area contributed by atoms with Gasteiger partial charge in [-0.1, -0.05) is 170 Å². The van der Waals surface area contributed by atoms with Crippen LogP contribution in [-0.2, 0) is 0 Å². The lowest BCUT2D eigenvalue weighted by atomic mass is 9.91. The first-order valence-electron chi connectivity index (χ1n) is 20.8. The molecule has 0 bridgehead atoms. The van der Waals surface area contributed by atoms with E-state index in [1.165, 1.54) is 64.2 Å². The molecule has 3 aromatic heterocycles. The molecule has 9 aromatic carbocycles. The Hall–Kier alpha value is -7.99. The third kappa shape index (κ3) is 6.18. The summed E-state index contributed by atoms with van der Waals surface area (Å²) in [6, 6.07) is 77.6. The van der Waals surface area contributed by atoms with Gasteiger partial charge in [-0.05, 0) is 81.9 Å². The molecular weight excluding hydrogens is 773 g/mol. The molecular formula is C57H36N4S. The maximum absolute atomic E-state index is 5.13. The minimum absolute atomic E-state index is 0.645. The number of nitrogens with zero attached hydrogens (tertiary/aromatic N) is 4. The Morgan fingerprint density at radius 2 is 0.871 bits per heavy atom. The van der Waals surface area contributed by atoms with Crippen molar-refractivity contribution < 1.29 is 0 Å². The highest BCUT2D eigenvalue weighted by Gasteiger charge is 2.19. The number of fused-ring (bicyclic) bond motifs is 6. The molecule has 0 aliphatic carbocycles. The van der Waals surface area contributed by atoms with E-state index in [-0.39, 0.29) is 0 Å². The molecule has 3 heterocycles. The lowest BCUT2D eigenvalue weighted by molar-refractivity contribution is 1.07. The smallest absolute Gasteiger partial charge is 0.164 e. The number of benzene rings is 9. The largest absolute Gasteiger partial charge is 0.309 e. The van der Waals surface area contributed by atoms with Crippen molar-refractivity contribution in [2.24, 2.45) is 0 Å². The van der Waals surface area contributed by atoms with E-state index in [1.807, 2.05) is 24.3 Å². The summed E-state index contributed by atoms with van der Waals surface area (Å²) >= 11 is 1.81. The number of hydrogen-bond acceptors (Lipinski definition) is 4. The van der Waals surface area contributed by atoms with E-state index in [9.17, 15) is 0 Å². The summed E-state index contributed by atoms with van der Waals surface area (Å²) in [6.45, 7) is 0. The van der Waals surface area contributed by atoms with Crippen LogP contribution < -0.4 is 0 Å². The molecule has 0 N–H and O–H groups in total. The molecule has 0 spiro atoms. The van der Waals surface area contributed by atoms with E-state index >= 15 is 0 Å². The third-order valence-corrected chi connectivity index (χ3v) is 13.0. The first-order chi connectivity index (χ1) is 30.7. The van der Waals surface area contributed by atoms with E-state index in [0.29, 0.717) is 17.5 Å². The molecule has 0 radical (unpaired) electrons. The van der Waals surface area contributed by atoms with Crippen LogP contribution >= 0.6 is 11.3 Å². The Labute approximate surface area is 362 Å². The average molecular weight is 809 g/mol. The van der Waals surface area contributed by atoms with E-state index in [1.54, 1.807) is 11.3 Å². The number of hydrogen-bond donors (Lipinski definition) is 0. The molecule has 62 heavy (non-hydrogen) atoms. The van der Waals surface area contributed by atoms with Gasteiger partial charge in [0.15, 0.2) is 17.5 Å². The fourth-order valence-corrected chi connectivity index (χ4v) is 10.1. The van der Waals surface area contributed by atoms with Crippen LogP contribution in [0.3, 0.4) is 0 Å². The van der Waals surface area contributed by atoms with Crippen molar-refractivity contribution in [1.82, 2.24) is 19.5 Å². The summed E-state index contributed by atoms with van der Waals surface area (Å²) in [5.74, 6) is 1.94. The standard InChI is InChI=1S/C57H36N4S/c1-4-16-37(17-5-1)39-20-14-21-41(34-39)56-58-55(38-18-6-2-7-19-38)59-57(60-56)42-30-32-46-49-35-40(31-33-52(49)62-53(46)36-42)44-24-10-11-25-45(44)47-27-15-29-51-54(47)48-26-12-13-28-50(48)61(51)43-22-8-3-9-23-43/h1-36H. The molecule has 0 saturated heterocycles. The Balaban J connectivity index is 0.965. The number of thiophene rings is 1. The molecule has 0 amide bonds. The predicted molar refractivity (Wildman–Crippen MR) is 260 cm³/mol. The van der Waals surface area contributed by atoms with Crippen molar-refractivity contribution in [3.05, 3.63) is 218 Å². The Morgan fingerprint density at radius 1 is 0.306 bits per heavy atom. The van der Waals surface area contributed by atoms with Crippen LogP contribution in [0, 0.1) is 0 Å². The zero-order valence-electron chi connectivity index (χ0n) is 33.5. The molecule has 0 unspecified atom stereocenters. The lowest BCUT2D eigenvalue weighted by Crippen LogP contribution is -2.00. The minimum Gasteiger partial charge on any atom is -0.309 e. The lowest BCUT2D eigenvalue weighted by Gasteiger charge is -2.13. The van der Waals surface area contributed by atoms with Gasteiger partial charge < -0.3 is 4.57 Å². The number of para-hydroxylation sites is 2. The minimum atomic E-state index is 0.645. The highest BCUT2D eigenvalue weighted by atomic mass is 32.1. The van der Waals surface area contributed by atoms with Crippen molar-refractivity contribution in [3.63, 3.8) is 0 Å². The van der Waals surface area contributed by atoms with Gasteiger partial charge in [0.25, 0.3) is 0 Å². The maximum atomic E-state index is 5.13. The van der Waals surface area contributed by atoms with Crippen LogP contribution in [-0.4, -0.2) is 19.5 Å². The number of rotatable bonds is 7. The van der Waals surface area contributed by atoms with E-state index in [0.717, 1.165) is 33.5 Å². The molecule has 5 heteroatoms. The molecule has 12 aromatic rings. The third-order valence-electron chi connectivity index (χ3n) is 11.9. The second kappa shape index (κ2) is 14.9. The van der Waals surface area contributed by atoms with Gasteiger partial charge in [-0.25, -0.2) is 15.0 Å². The van der Waals surface area contributed by atoms with Crippen LogP contribution in [0.25, 0.3) is 115 Å². The van der Waals surface area contributed by atoms with Gasteiger partial charge in [-0.3, -0.25) is 0 Å². The van der Waals surface area contributed by atoms with Gasteiger partial charge in [0.1, 0.15) is 0 Å². The van der Waals surface area contributed by atoms with Crippen molar-refractivity contribution in [2.75, 3.05) is 0 Å². The van der Waals surface area contributed by atoms with Gasteiger partial charge >= 0.3 is 0 Å². The van der Waals surface area contributed by atoms with Crippen LogP contribution in [0.4, 0.5) is 0 Å². The summed E-state index contributed by atoms with van der Waals surface area (Å²) in [6.07, 6.45) is 0. The van der Waals surface area contributed by atoms with Crippen LogP contribution in [0.5, 0.6) is 0 Å².